The third-order valence-corrected chi connectivity index (χ3v) is 4.59. The van der Waals surface area contributed by atoms with E-state index in [1.165, 1.54) is 0 Å². The molecule has 0 spiro atoms. The predicted octanol–water partition coefficient (Wildman–Crippen LogP) is 3.50. The maximum absolute atomic E-state index is 12.5. The molecule has 0 bridgehead atoms. The van der Waals surface area contributed by atoms with Crippen LogP contribution >= 0.6 is 0 Å². The van der Waals surface area contributed by atoms with Crippen molar-refractivity contribution in [1.29, 1.82) is 0 Å². The topological polar surface area (TPSA) is 55.4 Å². The monoisotopic (exact) mass is 305 g/mol. The molecule has 0 atom stereocenters. The number of nitrogens with one attached hydrogen (secondary N) is 1. The van der Waals surface area contributed by atoms with Crippen LogP contribution in [0.5, 0.6) is 5.75 Å². The number of anilines is 1. The SMILES string of the molecule is CCOc1cc(C)ccc1NS(=O)(=O)c1ccccc1C. The molecule has 2 aromatic carbocycles. The van der Waals surface area contributed by atoms with Gasteiger partial charge < -0.3 is 4.74 Å². The molecule has 21 heavy (non-hydrogen) atoms. The first kappa shape index (κ1) is 15.4. The molecule has 0 aromatic heterocycles. The molecule has 112 valence electrons. The first-order valence-corrected chi connectivity index (χ1v) is 8.24. The van der Waals surface area contributed by atoms with Crippen LogP contribution in [-0.2, 0) is 10.0 Å². The van der Waals surface area contributed by atoms with E-state index in [1.807, 2.05) is 32.0 Å². The van der Waals surface area contributed by atoms with Gasteiger partial charge in [-0.05, 0) is 50.1 Å². The second-order valence-electron chi connectivity index (χ2n) is 4.80. The summed E-state index contributed by atoms with van der Waals surface area (Å²) in [6.07, 6.45) is 0. The summed E-state index contributed by atoms with van der Waals surface area (Å²) in [4.78, 5) is 0.271. The number of sulfonamides is 1. The molecule has 0 unspecified atom stereocenters. The van der Waals surface area contributed by atoms with Crippen molar-refractivity contribution in [2.24, 2.45) is 0 Å². The van der Waals surface area contributed by atoms with Gasteiger partial charge in [0.1, 0.15) is 5.75 Å². The zero-order chi connectivity index (χ0) is 15.5. The zero-order valence-electron chi connectivity index (χ0n) is 12.4. The summed E-state index contributed by atoms with van der Waals surface area (Å²) >= 11 is 0. The van der Waals surface area contributed by atoms with Gasteiger partial charge in [-0.2, -0.15) is 0 Å². The van der Waals surface area contributed by atoms with Crippen LogP contribution < -0.4 is 9.46 Å². The molecule has 0 aliphatic heterocycles. The van der Waals surface area contributed by atoms with Gasteiger partial charge in [0.05, 0.1) is 17.2 Å². The van der Waals surface area contributed by atoms with Gasteiger partial charge in [0, 0.05) is 0 Å². The second kappa shape index (κ2) is 6.18. The number of rotatable bonds is 5. The molecule has 4 nitrogen and oxygen atoms in total. The molecule has 2 aromatic rings. The van der Waals surface area contributed by atoms with Gasteiger partial charge in [-0.1, -0.05) is 24.3 Å². The van der Waals surface area contributed by atoms with Gasteiger partial charge in [0.2, 0.25) is 0 Å². The minimum Gasteiger partial charge on any atom is -0.492 e. The van der Waals surface area contributed by atoms with Crippen LogP contribution in [0.3, 0.4) is 0 Å². The molecule has 0 fully saturated rings. The Hall–Kier alpha value is -2.01. The summed E-state index contributed by atoms with van der Waals surface area (Å²) in [6.45, 7) is 6.04. The number of benzene rings is 2. The minimum atomic E-state index is -3.63. The van der Waals surface area contributed by atoms with Crippen LogP contribution in [0.15, 0.2) is 47.4 Å². The van der Waals surface area contributed by atoms with E-state index in [1.54, 1.807) is 31.2 Å². The number of hydrogen-bond acceptors (Lipinski definition) is 3. The molecule has 0 aliphatic carbocycles. The zero-order valence-corrected chi connectivity index (χ0v) is 13.2. The fourth-order valence-corrected chi connectivity index (χ4v) is 3.36. The van der Waals surface area contributed by atoms with Crippen LogP contribution in [0.1, 0.15) is 18.1 Å². The van der Waals surface area contributed by atoms with E-state index in [4.69, 9.17) is 4.74 Å². The molecular weight excluding hydrogens is 286 g/mol. The fraction of sp³-hybridized carbons (Fsp3) is 0.250. The van der Waals surface area contributed by atoms with Crippen molar-refractivity contribution in [1.82, 2.24) is 0 Å². The molecule has 0 radical (unpaired) electrons. The Bertz CT molecular complexity index is 739. The largest absolute Gasteiger partial charge is 0.492 e. The van der Waals surface area contributed by atoms with E-state index in [0.717, 1.165) is 5.56 Å². The number of hydrogen-bond donors (Lipinski definition) is 1. The summed E-state index contributed by atoms with van der Waals surface area (Å²) < 4.78 is 33.1. The van der Waals surface area contributed by atoms with Crippen molar-refractivity contribution >= 4 is 15.7 Å². The van der Waals surface area contributed by atoms with E-state index in [0.29, 0.717) is 23.6 Å². The van der Waals surface area contributed by atoms with Crippen LogP contribution in [0.2, 0.25) is 0 Å². The lowest BCUT2D eigenvalue weighted by Crippen LogP contribution is -2.15. The Morgan fingerprint density at radius 1 is 1.10 bits per heavy atom. The van der Waals surface area contributed by atoms with E-state index in [9.17, 15) is 8.42 Å². The molecular formula is C16H19NO3S. The van der Waals surface area contributed by atoms with Gasteiger partial charge in [-0.3, -0.25) is 4.72 Å². The normalized spacial score (nSPS) is 11.2. The lowest BCUT2D eigenvalue weighted by molar-refractivity contribution is 0.342. The third-order valence-electron chi connectivity index (χ3n) is 3.06. The predicted molar refractivity (Wildman–Crippen MR) is 84.3 cm³/mol. The van der Waals surface area contributed by atoms with Gasteiger partial charge in [0.25, 0.3) is 10.0 Å². The maximum atomic E-state index is 12.5. The Kier molecular flexibility index (Phi) is 4.53. The first-order chi connectivity index (χ1) is 9.94. The van der Waals surface area contributed by atoms with Gasteiger partial charge >= 0.3 is 0 Å². The molecule has 0 saturated carbocycles. The Labute approximate surface area is 125 Å². The van der Waals surface area contributed by atoms with E-state index in [2.05, 4.69) is 4.72 Å². The lowest BCUT2D eigenvalue weighted by Gasteiger charge is -2.14. The highest BCUT2D eigenvalue weighted by molar-refractivity contribution is 7.92. The summed E-state index contributed by atoms with van der Waals surface area (Å²) in [7, 11) is -3.63. The van der Waals surface area contributed by atoms with Crippen molar-refractivity contribution in [2.75, 3.05) is 11.3 Å². The highest BCUT2D eigenvalue weighted by Crippen LogP contribution is 2.28. The molecule has 0 heterocycles. The molecule has 0 aliphatic rings. The third kappa shape index (κ3) is 3.55. The fourth-order valence-electron chi connectivity index (χ4n) is 2.05. The Morgan fingerprint density at radius 3 is 2.48 bits per heavy atom. The highest BCUT2D eigenvalue weighted by atomic mass is 32.2. The molecule has 0 amide bonds. The van der Waals surface area contributed by atoms with Crippen LogP contribution in [-0.4, -0.2) is 15.0 Å². The Balaban J connectivity index is 2.40. The summed E-state index contributed by atoms with van der Waals surface area (Å²) in [6, 6.07) is 12.3. The van der Waals surface area contributed by atoms with Gasteiger partial charge in [-0.15, -0.1) is 0 Å². The lowest BCUT2D eigenvalue weighted by atomic mass is 10.2. The van der Waals surface area contributed by atoms with Crippen LogP contribution in [0, 0.1) is 13.8 Å². The van der Waals surface area contributed by atoms with Crippen molar-refractivity contribution in [3.8, 4) is 5.75 Å². The molecule has 0 saturated heterocycles. The number of aryl methyl sites for hydroxylation is 2. The number of ether oxygens (including phenoxy) is 1. The molecule has 5 heteroatoms. The first-order valence-electron chi connectivity index (χ1n) is 6.76. The average Bonchev–Trinajstić information content (AvgIpc) is 2.42. The molecule has 2 rings (SSSR count). The average molecular weight is 305 g/mol. The van der Waals surface area contributed by atoms with E-state index in [-0.39, 0.29) is 4.90 Å². The standard InChI is InChI=1S/C16H19NO3S/c1-4-20-15-11-12(2)9-10-14(15)17-21(18,19)16-8-6-5-7-13(16)3/h5-11,17H,4H2,1-3H3. The van der Waals surface area contributed by atoms with Crippen molar-refractivity contribution in [2.45, 2.75) is 25.7 Å². The second-order valence-corrected chi connectivity index (χ2v) is 6.45. The van der Waals surface area contributed by atoms with Crippen LogP contribution in [0.4, 0.5) is 5.69 Å². The summed E-state index contributed by atoms with van der Waals surface area (Å²) in [5, 5.41) is 0. The van der Waals surface area contributed by atoms with E-state index < -0.39 is 10.0 Å². The van der Waals surface area contributed by atoms with Gasteiger partial charge in [-0.25, -0.2) is 8.42 Å². The smallest absolute Gasteiger partial charge is 0.262 e. The van der Waals surface area contributed by atoms with Crippen molar-refractivity contribution in [3.63, 3.8) is 0 Å². The van der Waals surface area contributed by atoms with Crippen LogP contribution in [0.25, 0.3) is 0 Å². The molecule has 1 N–H and O–H groups in total. The Morgan fingerprint density at radius 2 is 1.81 bits per heavy atom. The van der Waals surface area contributed by atoms with Crippen molar-refractivity contribution < 1.29 is 13.2 Å². The quantitative estimate of drug-likeness (QED) is 0.919. The highest BCUT2D eigenvalue weighted by Gasteiger charge is 2.18. The van der Waals surface area contributed by atoms with Crippen molar-refractivity contribution in [3.05, 3.63) is 53.6 Å². The van der Waals surface area contributed by atoms with E-state index >= 15 is 0 Å². The summed E-state index contributed by atoms with van der Waals surface area (Å²) in [5.74, 6) is 0.537. The van der Waals surface area contributed by atoms with Gasteiger partial charge in [0.15, 0.2) is 0 Å². The summed E-state index contributed by atoms with van der Waals surface area (Å²) in [5.41, 5.74) is 2.16. The maximum Gasteiger partial charge on any atom is 0.262 e. The minimum absolute atomic E-state index is 0.271.